The Hall–Kier alpha value is -5.59. The van der Waals surface area contributed by atoms with E-state index in [0.717, 1.165) is 35.9 Å². The molecule has 3 aromatic rings. The van der Waals surface area contributed by atoms with Crippen LogP contribution in [0.4, 0.5) is 19.3 Å². The molecular weight excluding hydrogens is 846 g/mol. The van der Waals surface area contributed by atoms with Crippen molar-refractivity contribution in [2.45, 2.75) is 82.7 Å². The van der Waals surface area contributed by atoms with Crippen molar-refractivity contribution in [1.29, 1.82) is 0 Å². The molecule has 0 bridgehead atoms. The van der Waals surface area contributed by atoms with Gasteiger partial charge >= 0.3 is 6.03 Å². The average molecular weight is 899 g/mol. The van der Waals surface area contributed by atoms with E-state index in [1.807, 2.05) is 22.9 Å². The predicted octanol–water partition coefficient (Wildman–Crippen LogP) is 4.25. The van der Waals surface area contributed by atoms with Gasteiger partial charge in [-0.25, -0.2) is 18.6 Å². The number of likely N-dealkylation sites (tertiary alicyclic amines) is 1. The summed E-state index contributed by atoms with van der Waals surface area (Å²) < 4.78 is 34.0. The molecule has 10 rings (SSSR count). The number of aliphatic imine (C=N–C) groups is 1. The maximum atomic E-state index is 16.4. The number of benzene rings is 1. The Morgan fingerprint density at radius 1 is 1.03 bits per heavy atom. The van der Waals surface area contributed by atoms with Gasteiger partial charge < -0.3 is 20.1 Å². The number of anilines is 1. The molecule has 2 saturated carbocycles. The zero-order valence-electron chi connectivity index (χ0n) is 36.1. The first-order valence-corrected chi connectivity index (χ1v) is 22.7. The number of aryl methyl sites for hydroxylation is 1. The standard InChI is InChI=1S/C45H53ClF2N12O4/c1-27-39(46)35(59-13-9-38(61)53-43(59)64)20-33(51-27)42(63)57-14-10-44(11-15-57)24-45(48,25-44)26-56-18-16-55(17-19-56)23-30-29-8-12-58(34(29)7-6-31(30)47)37-21-32(49-2)40-50-22-36(60(40)54-37)41(62)52-28-4-3-5-28/h6-8,12,20-22,28,40,50,54H,3-5,9-11,13-19,23-26H2,1-2H3,(H,52,62)(H,53,61,64). The summed E-state index contributed by atoms with van der Waals surface area (Å²) in [6.45, 7) is 6.27. The molecule has 64 heavy (non-hydrogen) atoms. The van der Waals surface area contributed by atoms with E-state index in [1.54, 1.807) is 36.1 Å². The lowest BCUT2D eigenvalue weighted by Crippen LogP contribution is -2.60. The van der Waals surface area contributed by atoms with Crippen LogP contribution < -0.4 is 26.3 Å². The Bertz CT molecular complexity index is 2510. The molecule has 0 radical (unpaired) electrons. The van der Waals surface area contributed by atoms with Crippen LogP contribution in [-0.4, -0.2) is 136 Å². The molecule has 1 atom stereocenters. The number of nitrogens with one attached hydrogen (secondary N) is 4. The Morgan fingerprint density at radius 3 is 2.48 bits per heavy atom. The third-order valence-corrected chi connectivity index (χ3v) is 14.8. The Labute approximate surface area is 374 Å². The zero-order valence-corrected chi connectivity index (χ0v) is 36.8. The number of halogens is 3. The zero-order chi connectivity index (χ0) is 44.5. The number of piperidine rings is 1. The number of imide groups is 1. The number of nitrogens with zero attached hydrogens (tertiary/aromatic N) is 8. The maximum absolute atomic E-state index is 16.4. The van der Waals surface area contributed by atoms with Gasteiger partial charge in [0.25, 0.3) is 11.8 Å². The van der Waals surface area contributed by atoms with E-state index in [4.69, 9.17) is 11.6 Å². The Balaban J connectivity index is 0.727. The molecule has 1 aromatic carbocycles. The van der Waals surface area contributed by atoms with E-state index in [1.165, 1.54) is 17.0 Å². The number of alkyl halides is 1. The van der Waals surface area contributed by atoms with Crippen LogP contribution in [0, 0.1) is 18.2 Å². The van der Waals surface area contributed by atoms with E-state index >= 15 is 8.78 Å². The number of carbonyl (C=O) groups excluding carboxylic acids is 4. The Kier molecular flexibility index (Phi) is 10.9. The number of hydrogen-bond donors (Lipinski definition) is 4. The molecule has 4 N–H and O–H groups in total. The minimum atomic E-state index is -1.30. The van der Waals surface area contributed by atoms with Crippen LogP contribution in [-0.2, 0) is 16.1 Å². The summed E-state index contributed by atoms with van der Waals surface area (Å²) >= 11 is 6.51. The molecule has 19 heteroatoms. The summed E-state index contributed by atoms with van der Waals surface area (Å²) in [5, 5.41) is 11.5. The first kappa shape index (κ1) is 42.4. The number of carbonyl (C=O) groups is 4. The molecule has 5 aliphatic heterocycles. The molecular formula is C45H53ClF2N12O4. The largest absolute Gasteiger partial charge is 0.363 e. The van der Waals surface area contributed by atoms with Gasteiger partial charge in [-0.05, 0) is 81.5 Å². The highest BCUT2D eigenvalue weighted by molar-refractivity contribution is 6.34. The normalized spacial score (nSPS) is 24.1. The smallest absolute Gasteiger partial charge is 0.328 e. The summed E-state index contributed by atoms with van der Waals surface area (Å²) in [5.41, 5.74) is 5.52. The third-order valence-electron chi connectivity index (χ3n) is 14.3. The molecule has 338 valence electrons. The minimum absolute atomic E-state index is 0.124. The molecule has 16 nitrogen and oxygen atoms in total. The van der Waals surface area contributed by atoms with Crippen molar-refractivity contribution in [3.05, 3.63) is 76.2 Å². The van der Waals surface area contributed by atoms with Gasteiger partial charge in [-0.2, -0.15) is 0 Å². The van der Waals surface area contributed by atoms with Crippen LogP contribution >= 0.6 is 11.6 Å². The lowest BCUT2D eigenvalue weighted by atomic mass is 9.55. The lowest BCUT2D eigenvalue weighted by molar-refractivity contribution is -0.121. The topological polar surface area (TPSA) is 163 Å². The molecule has 7 heterocycles. The lowest BCUT2D eigenvalue weighted by Gasteiger charge is -2.56. The molecule has 5 amide bonds. The van der Waals surface area contributed by atoms with Crippen molar-refractivity contribution >= 4 is 63.5 Å². The summed E-state index contributed by atoms with van der Waals surface area (Å²) in [4.78, 5) is 67.6. The van der Waals surface area contributed by atoms with E-state index in [9.17, 15) is 19.2 Å². The Morgan fingerprint density at radius 2 is 1.78 bits per heavy atom. The van der Waals surface area contributed by atoms with E-state index in [2.05, 4.69) is 41.2 Å². The number of urea groups is 1. The SMILES string of the molecule is CN=C1C=C(n2ccc3c(CN4CCN(CC5(F)CC6(CCN(C(=O)c7cc(N8CCC(=O)NC8=O)c(Cl)c(C)n7)CC6)C5)CC4)c(F)ccc32)NN2C(C(=O)NC3CCC3)=CNC12. The van der Waals surface area contributed by atoms with Crippen molar-refractivity contribution in [1.82, 2.24) is 50.6 Å². The molecule has 3 saturated heterocycles. The minimum Gasteiger partial charge on any atom is -0.363 e. The van der Waals surface area contributed by atoms with Crippen LogP contribution in [0.3, 0.4) is 0 Å². The molecule has 1 unspecified atom stereocenters. The fourth-order valence-electron chi connectivity index (χ4n) is 10.7. The number of hydrogen-bond acceptors (Lipinski definition) is 11. The number of piperazine rings is 1. The maximum Gasteiger partial charge on any atom is 0.328 e. The van der Waals surface area contributed by atoms with Crippen molar-refractivity contribution < 1.29 is 28.0 Å². The fraction of sp³-hybridized carbons (Fsp3) is 0.511. The fourth-order valence-corrected chi connectivity index (χ4v) is 10.8. The summed E-state index contributed by atoms with van der Waals surface area (Å²) in [7, 11) is 1.72. The first-order valence-electron chi connectivity index (χ1n) is 22.3. The average Bonchev–Trinajstić information content (AvgIpc) is 3.89. The van der Waals surface area contributed by atoms with Gasteiger partial charge in [0, 0.05) is 108 Å². The van der Waals surface area contributed by atoms with Crippen LogP contribution in [0.1, 0.15) is 73.1 Å². The van der Waals surface area contributed by atoms with Gasteiger partial charge in [-0.15, -0.1) is 0 Å². The summed E-state index contributed by atoms with van der Waals surface area (Å²) in [5.74, 6) is -0.371. The second kappa shape index (κ2) is 16.4. The van der Waals surface area contributed by atoms with Crippen molar-refractivity contribution in [2.24, 2.45) is 10.4 Å². The molecule has 7 aliphatic rings. The van der Waals surface area contributed by atoms with E-state index in [0.29, 0.717) is 107 Å². The second-order valence-electron chi connectivity index (χ2n) is 18.5. The van der Waals surface area contributed by atoms with Gasteiger partial charge in [0.05, 0.1) is 27.6 Å². The molecule has 2 aliphatic carbocycles. The molecule has 1 spiro atoms. The number of aromatic nitrogens is 2. The number of hydrazine groups is 1. The number of rotatable bonds is 9. The van der Waals surface area contributed by atoms with Crippen LogP contribution in [0.2, 0.25) is 5.02 Å². The number of fused-ring (bicyclic) bond motifs is 2. The van der Waals surface area contributed by atoms with Crippen LogP contribution in [0.25, 0.3) is 16.7 Å². The van der Waals surface area contributed by atoms with Gasteiger partial charge in [0.2, 0.25) is 5.91 Å². The van der Waals surface area contributed by atoms with Crippen LogP contribution in [0.5, 0.6) is 0 Å². The third kappa shape index (κ3) is 7.76. The highest BCUT2D eigenvalue weighted by Gasteiger charge is 2.56. The highest BCUT2D eigenvalue weighted by Crippen LogP contribution is 2.57. The summed E-state index contributed by atoms with van der Waals surface area (Å²) in [6, 6.07) is 6.33. The van der Waals surface area contributed by atoms with E-state index in [-0.39, 0.29) is 64.8 Å². The van der Waals surface area contributed by atoms with Gasteiger partial charge in [-0.1, -0.05) is 11.6 Å². The highest BCUT2D eigenvalue weighted by atomic mass is 35.5. The van der Waals surface area contributed by atoms with Gasteiger partial charge in [0.15, 0.2) is 6.17 Å². The molecule has 2 aromatic heterocycles. The first-order chi connectivity index (χ1) is 30.8. The van der Waals surface area contributed by atoms with Gasteiger partial charge in [0.1, 0.15) is 28.7 Å². The number of amides is 5. The number of pyridine rings is 1. The second-order valence-corrected chi connectivity index (χ2v) is 18.9. The van der Waals surface area contributed by atoms with Gasteiger partial charge in [-0.3, -0.25) is 49.8 Å². The van der Waals surface area contributed by atoms with Crippen molar-refractivity contribution in [3.8, 4) is 0 Å². The summed E-state index contributed by atoms with van der Waals surface area (Å²) in [6.07, 6.45) is 10.7. The van der Waals surface area contributed by atoms with Crippen LogP contribution in [0.15, 0.2) is 53.4 Å². The monoisotopic (exact) mass is 898 g/mol. The molecule has 5 fully saturated rings. The van der Waals surface area contributed by atoms with Crippen molar-refractivity contribution in [2.75, 3.05) is 64.3 Å². The van der Waals surface area contributed by atoms with E-state index < -0.39 is 11.7 Å². The quantitative estimate of drug-likeness (QED) is 0.245. The van der Waals surface area contributed by atoms with Crippen molar-refractivity contribution in [3.63, 3.8) is 0 Å². The predicted molar refractivity (Wildman–Crippen MR) is 237 cm³/mol.